The molecular weight excluding hydrogens is 421 g/mol. The average molecular weight is 446 g/mol. The fourth-order valence-electron chi connectivity index (χ4n) is 3.94. The third kappa shape index (κ3) is 4.40. The van der Waals surface area contributed by atoms with Gasteiger partial charge in [-0.25, -0.2) is 4.98 Å². The molecule has 0 radical (unpaired) electrons. The van der Waals surface area contributed by atoms with Gasteiger partial charge >= 0.3 is 6.18 Å². The maximum absolute atomic E-state index is 13.2. The molecule has 0 spiro atoms. The standard InChI is InChI=1S/C23H25F3N4O2/c1-14(31)19-8-18(16-9-27-29(4)11-16)17-6-5-15(7-20(17)28-19)10-30-12-21(23(24,25)26)32-13-22(30,2)3/h5-9,11,21H,10,12-13H2,1-4H3/t21-/m1/s1. The molecule has 0 unspecified atom stereocenters. The van der Waals surface area contributed by atoms with Gasteiger partial charge in [0, 0.05) is 49.7 Å². The lowest BCUT2D eigenvalue weighted by Crippen LogP contribution is -2.58. The largest absolute Gasteiger partial charge is 0.415 e. The van der Waals surface area contributed by atoms with Gasteiger partial charge in [0.05, 0.1) is 18.3 Å². The number of benzene rings is 1. The van der Waals surface area contributed by atoms with Crippen LogP contribution in [-0.4, -0.2) is 56.4 Å². The summed E-state index contributed by atoms with van der Waals surface area (Å²) >= 11 is 0. The summed E-state index contributed by atoms with van der Waals surface area (Å²) in [7, 11) is 1.81. The number of alkyl halides is 3. The van der Waals surface area contributed by atoms with Crippen molar-refractivity contribution in [1.29, 1.82) is 0 Å². The van der Waals surface area contributed by atoms with E-state index in [2.05, 4.69) is 10.1 Å². The number of aromatic nitrogens is 3. The molecule has 0 aliphatic carbocycles. The monoisotopic (exact) mass is 446 g/mol. The van der Waals surface area contributed by atoms with Crippen molar-refractivity contribution in [3.05, 3.63) is 47.9 Å². The number of fused-ring (bicyclic) bond motifs is 1. The van der Waals surface area contributed by atoms with Crippen molar-refractivity contribution in [2.24, 2.45) is 7.05 Å². The average Bonchev–Trinajstić information content (AvgIpc) is 3.13. The van der Waals surface area contributed by atoms with E-state index in [1.165, 1.54) is 6.92 Å². The van der Waals surface area contributed by atoms with Gasteiger partial charge in [-0.2, -0.15) is 18.3 Å². The van der Waals surface area contributed by atoms with E-state index in [1.54, 1.807) is 21.8 Å². The first-order valence-electron chi connectivity index (χ1n) is 10.3. The highest BCUT2D eigenvalue weighted by Crippen LogP contribution is 2.33. The zero-order valence-corrected chi connectivity index (χ0v) is 18.4. The van der Waals surface area contributed by atoms with Gasteiger partial charge in [-0.3, -0.25) is 14.4 Å². The van der Waals surface area contributed by atoms with Crippen LogP contribution >= 0.6 is 0 Å². The Labute approximate surface area is 184 Å². The minimum Gasteiger partial charge on any atom is -0.366 e. The third-order valence-electron chi connectivity index (χ3n) is 5.87. The predicted octanol–water partition coefficient (Wildman–Crippen LogP) is 4.38. The molecule has 6 nitrogen and oxygen atoms in total. The second-order valence-electron chi connectivity index (χ2n) is 8.90. The lowest BCUT2D eigenvalue weighted by Gasteiger charge is -2.45. The van der Waals surface area contributed by atoms with Gasteiger partial charge in [-0.05, 0) is 37.1 Å². The van der Waals surface area contributed by atoms with Crippen molar-refractivity contribution in [3.63, 3.8) is 0 Å². The first-order chi connectivity index (χ1) is 14.9. The van der Waals surface area contributed by atoms with E-state index in [9.17, 15) is 18.0 Å². The van der Waals surface area contributed by atoms with Crippen molar-refractivity contribution in [3.8, 4) is 11.1 Å². The van der Waals surface area contributed by atoms with E-state index in [1.807, 2.05) is 45.3 Å². The summed E-state index contributed by atoms with van der Waals surface area (Å²) in [6.45, 7) is 5.26. The number of aryl methyl sites for hydroxylation is 1. The minimum absolute atomic E-state index is 0.0113. The molecule has 170 valence electrons. The summed E-state index contributed by atoms with van der Waals surface area (Å²) in [5, 5.41) is 5.06. The van der Waals surface area contributed by atoms with Crippen molar-refractivity contribution < 1.29 is 22.7 Å². The number of hydrogen-bond acceptors (Lipinski definition) is 5. The fraction of sp³-hybridized carbons (Fsp3) is 0.435. The third-order valence-corrected chi connectivity index (χ3v) is 5.87. The van der Waals surface area contributed by atoms with Crippen LogP contribution in [-0.2, 0) is 18.3 Å². The first-order valence-corrected chi connectivity index (χ1v) is 10.3. The van der Waals surface area contributed by atoms with Crippen LogP contribution in [0.3, 0.4) is 0 Å². The summed E-state index contributed by atoms with van der Waals surface area (Å²) in [4.78, 5) is 18.4. The Hall–Kier alpha value is -2.78. The number of Topliss-reactive ketones (excluding diaryl/α,β-unsaturated/α-hetero) is 1. The van der Waals surface area contributed by atoms with E-state index >= 15 is 0 Å². The van der Waals surface area contributed by atoms with Crippen molar-refractivity contribution in [2.45, 2.75) is 45.1 Å². The minimum atomic E-state index is -4.41. The lowest BCUT2D eigenvalue weighted by atomic mass is 9.97. The van der Waals surface area contributed by atoms with Crippen LogP contribution in [0.25, 0.3) is 22.0 Å². The second kappa shape index (κ2) is 7.97. The maximum atomic E-state index is 13.2. The number of carbonyl (C=O) groups excluding carboxylic acids is 1. The normalized spacial score (nSPS) is 19.4. The molecule has 0 bridgehead atoms. The van der Waals surface area contributed by atoms with Gasteiger partial charge in [-0.1, -0.05) is 12.1 Å². The molecule has 4 rings (SSSR count). The van der Waals surface area contributed by atoms with E-state index in [0.29, 0.717) is 17.8 Å². The fourth-order valence-corrected chi connectivity index (χ4v) is 3.94. The van der Waals surface area contributed by atoms with Crippen LogP contribution in [0.4, 0.5) is 13.2 Å². The SMILES string of the molecule is CC(=O)c1cc(-c2cnn(C)c2)c2ccc(CN3C[C@H](C(F)(F)F)OCC3(C)C)cc2n1. The van der Waals surface area contributed by atoms with E-state index in [-0.39, 0.29) is 18.9 Å². The first kappa shape index (κ1) is 22.4. The quantitative estimate of drug-likeness (QED) is 0.557. The number of carbonyl (C=O) groups is 1. The number of hydrogen-bond donors (Lipinski definition) is 0. The molecule has 0 N–H and O–H groups in total. The smallest absolute Gasteiger partial charge is 0.366 e. The van der Waals surface area contributed by atoms with Crippen molar-refractivity contribution in [2.75, 3.05) is 13.2 Å². The molecule has 3 aromatic rings. The molecule has 32 heavy (non-hydrogen) atoms. The molecule has 1 aliphatic heterocycles. The van der Waals surface area contributed by atoms with Gasteiger partial charge < -0.3 is 4.74 Å². The molecule has 1 saturated heterocycles. The van der Waals surface area contributed by atoms with Gasteiger partial charge in [0.15, 0.2) is 11.9 Å². The molecule has 9 heteroatoms. The number of nitrogens with zero attached hydrogens (tertiary/aromatic N) is 4. The van der Waals surface area contributed by atoms with Gasteiger partial charge in [0.25, 0.3) is 0 Å². The van der Waals surface area contributed by atoms with Crippen LogP contribution in [0, 0.1) is 0 Å². The predicted molar refractivity (Wildman–Crippen MR) is 114 cm³/mol. The molecule has 1 atom stereocenters. The Morgan fingerprint density at radius 1 is 1.28 bits per heavy atom. The van der Waals surface area contributed by atoms with Crippen LogP contribution in [0.2, 0.25) is 0 Å². The molecule has 1 aliphatic rings. The lowest BCUT2D eigenvalue weighted by molar-refractivity contribution is -0.254. The Kier molecular flexibility index (Phi) is 5.58. The Morgan fingerprint density at radius 3 is 2.66 bits per heavy atom. The Balaban J connectivity index is 1.72. The van der Waals surface area contributed by atoms with E-state index in [0.717, 1.165) is 22.1 Å². The van der Waals surface area contributed by atoms with Gasteiger partial charge in [0.1, 0.15) is 5.69 Å². The van der Waals surface area contributed by atoms with Gasteiger partial charge in [0.2, 0.25) is 0 Å². The number of ether oxygens (including phenoxy) is 1. The highest BCUT2D eigenvalue weighted by atomic mass is 19.4. The van der Waals surface area contributed by atoms with Crippen LogP contribution in [0.5, 0.6) is 0 Å². The van der Waals surface area contributed by atoms with E-state index in [4.69, 9.17) is 4.74 Å². The maximum Gasteiger partial charge on any atom is 0.415 e. The second-order valence-corrected chi connectivity index (χ2v) is 8.90. The zero-order chi connectivity index (χ0) is 23.3. The number of rotatable bonds is 4. The zero-order valence-electron chi connectivity index (χ0n) is 18.4. The Morgan fingerprint density at radius 2 is 2.03 bits per heavy atom. The highest BCUT2D eigenvalue weighted by molar-refractivity contribution is 6.01. The number of halogens is 3. The summed E-state index contributed by atoms with van der Waals surface area (Å²) < 4.78 is 46.5. The topological polar surface area (TPSA) is 60.2 Å². The van der Waals surface area contributed by atoms with Crippen LogP contribution in [0.1, 0.15) is 36.8 Å². The molecule has 0 saturated carbocycles. The highest BCUT2D eigenvalue weighted by Gasteiger charge is 2.47. The molecule has 1 aromatic carbocycles. The molecule has 0 amide bonds. The summed E-state index contributed by atoms with van der Waals surface area (Å²) in [5.41, 5.74) is 2.91. The summed E-state index contributed by atoms with van der Waals surface area (Å²) in [6.07, 6.45) is -2.63. The number of ketones is 1. The Bertz CT molecular complexity index is 1170. The van der Waals surface area contributed by atoms with E-state index < -0.39 is 17.8 Å². The summed E-state index contributed by atoms with van der Waals surface area (Å²) in [5.74, 6) is -0.162. The molecule has 3 heterocycles. The molecule has 1 fully saturated rings. The van der Waals surface area contributed by atoms with Gasteiger partial charge in [-0.15, -0.1) is 0 Å². The summed E-state index contributed by atoms with van der Waals surface area (Å²) in [6, 6.07) is 7.39. The van der Waals surface area contributed by atoms with Crippen LogP contribution in [0.15, 0.2) is 36.7 Å². The molecule has 2 aromatic heterocycles. The van der Waals surface area contributed by atoms with Crippen molar-refractivity contribution in [1.82, 2.24) is 19.7 Å². The van der Waals surface area contributed by atoms with Crippen LogP contribution < -0.4 is 0 Å². The number of pyridine rings is 1. The number of morpholine rings is 1. The van der Waals surface area contributed by atoms with Crippen molar-refractivity contribution >= 4 is 16.7 Å². The molecular formula is C23H25F3N4O2.